The lowest BCUT2D eigenvalue weighted by molar-refractivity contribution is -0.137. The molecule has 0 saturated carbocycles. The van der Waals surface area contributed by atoms with E-state index >= 15 is 0 Å². The number of benzene rings is 1. The SMILES string of the molecule is CC(CN)N(C)C(=O)C1CCN(C2=NS(=O)(=O)c3ccccc32)CC1. The Hall–Kier alpha value is -1.93. The molecule has 1 fully saturated rings. The molecule has 0 spiro atoms. The molecule has 2 aliphatic heterocycles. The van der Waals surface area contributed by atoms with E-state index in [0.717, 1.165) is 0 Å². The van der Waals surface area contributed by atoms with Crippen LogP contribution in [0.25, 0.3) is 0 Å². The van der Waals surface area contributed by atoms with Crippen LogP contribution in [0.5, 0.6) is 0 Å². The van der Waals surface area contributed by atoms with E-state index in [9.17, 15) is 13.2 Å². The maximum absolute atomic E-state index is 12.6. The van der Waals surface area contributed by atoms with Crippen LogP contribution in [0.15, 0.2) is 33.6 Å². The average Bonchev–Trinajstić information content (AvgIpc) is 2.91. The van der Waals surface area contributed by atoms with Gasteiger partial charge in [-0.25, -0.2) is 0 Å². The lowest BCUT2D eigenvalue weighted by Gasteiger charge is -2.35. The van der Waals surface area contributed by atoms with Crippen LogP contribution < -0.4 is 5.73 Å². The predicted molar refractivity (Wildman–Crippen MR) is 95.7 cm³/mol. The van der Waals surface area contributed by atoms with Crippen LogP contribution in [0.1, 0.15) is 25.3 Å². The van der Waals surface area contributed by atoms with Gasteiger partial charge in [0.05, 0.1) is 0 Å². The molecule has 1 atom stereocenters. The Balaban J connectivity index is 1.71. The second-order valence-corrected chi connectivity index (χ2v) is 8.25. The number of nitrogens with zero attached hydrogens (tertiary/aromatic N) is 3. The molecule has 2 aliphatic rings. The van der Waals surface area contributed by atoms with Gasteiger partial charge >= 0.3 is 0 Å². The maximum Gasteiger partial charge on any atom is 0.285 e. The highest BCUT2D eigenvalue weighted by molar-refractivity contribution is 7.90. The van der Waals surface area contributed by atoms with Crippen molar-refractivity contribution in [1.29, 1.82) is 0 Å². The molecule has 0 radical (unpaired) electrons. The Morgan fingerprint density at radius 1 is 1.36 bits per heavy atom. The Labute approximate surface area is 148 Å². The number of carbonyl (C=O) groups excluding carboxylic acids is 1. The van der Waals surface area contributed by atoms with Crippen LogP contribution in [-0.4, -0.2) is 62.7 Å². The minimum atomic E-state index is -3.60. The van der Waals surface area contributed by atoms with Crippen molar-refractivity contribution in [3.8, 4) is 0 Å². The number of piperidine rings is 1. The summed E-state index contributed by atoms with van der Waals surface area (Å²) in [6, 6.07) is 6.90. The van der Waals surface area contributed by atoms with E-state index < -0.39 is 10.0 Å². The molecule has 0 aromatic heterocycles. The molecule has 2 N–H and O–H groups in total. The van der Waals surface area contributed by atoms with Gasteiger partial charge < -0.3 is 15.5 Å². The predicted octanol–water partition coefficient (Wildman–Crippen LogP) is 0.653. The zero-order valence-electron chi connectivity index (χ0n) is 14.6. The van der Waals surface area contributed by atoms with Crippen molar-refractivity contribution in [2.75, 3.05) is 26.7 Å². The highest BCUT2D eigenvalue weighted by Crippen LogP contribution is 2.30. The van der Waals surface area contributed by atoms with E-state index in [1.165, 1.54) is 0 Å². The summed E-state index contributed by atoms with van der Waals surface area (Å²) in [6.45, 7) is 3.60. The van der Waals surface area contributed by atoms with E-state index in [2.05, 4.69) is 4.40 Å². The Morgan fingerprint density at radius 3 is 2.64 bits per heavy atom. The summed E-state index contributed by atoms with van der Waals surface area (Å²) in [5, 5.41) is 0. The third kappa shape index (κ3) is 3.28. The summed E-state index contributed by atoms with van der Waals surface area (Å²) in [7, 11) is -1.82. The van der Waals surface area contributed by atoms with Gasteiger partial charge in [-0.3, -0.25) is 4.79 Å². The minimum Gasteiger partial charge on any atom is -0.355 e. The van der Waals surface area contributed by atoms with E-state index in [1.54, 1.807) is 30.1 Å². The van der Waals surface area contributed by atoms with Crippen LogP contribution in [0.3, 0.4) is 0 Å². The molecule has 3 rings (SSSR count). The van der Waals surface area contributed by atoms with E-state index in [1.807, 2.05) is 17.9 Å². The van der Waals surface area contributed by atoms with Gasteiger partial charge in [0, 0.05) is 44.2 Å². The first kappa shape index (κ1) is 17.9. The number of likely N-dealkylation sites (tertiary alicyclic amines) is 1. The largest absolute Gasteiger partial charge is 0.355 e. The van der Waals surface area contributed by atoms with Crippen molar-refractivity contribution in [2.24, 2.45) is 16.0 Å². The molecule has 1 amide bonds. The molecule has 7 nitrogen and oxygen atoms in total. The summed E-state index contributed by atoms with van der Waals surface area (Å²) in [4.78, 5) is 16.5. The number of hydrogen-bond donors (Lipinski definition) is 1. The standard InChI is InChI=1S/C17H24N4O3S/c1-12(11-18)20(2)17(22)13-7-9-21(10-8-13)16-14-5-3-4-6-15(14)25(23,24)19-16/h3-6,12-13H,7-11,18H2,1-2H3. The van der Waals surface area contributed by atoms with Crippen LogP contribution in [-0.2, 0) is 14.8 Å². The van der Waals surface area contributed by atoms with Gasteiger partial charge in [-0.1, -0.05) is 12.1 Å². The lowest BCUT2D eigenvalue weighted by Crippen LogP contribution is -2.47. The van der Waals surface area contributed by atoms with E-state index in [0.29, 0.717) is 43.9 Å². The first-order valence-corrected chi connectivity index (χ1v) is 9.95. The Kier molecular flexibility index (Phi) is 4.83. The van der Waals surface area contributed by atoms with E-state index in [4.69, 9.17) is 5.73 Å². The number of hydrogen-bond acceptors (Lipinski definition) is 5. The number of fused-ring (bicyclic) bond motifs is 1. The summed E-state index contributed by atoms with van der Waals surface area (Å²) in [6.07, 6.45) is 1.36. The minimum absolute atomic E-state index is 0.0155. The highest BCUT2D eigenvalue weighted by Gasteiger charge is 2.35. The van der Waals surface area contributed by atoms with Crippen molar-refractivity contribution in [1.82, 2.24) is 9.80 Å². The molecule has 1 unspecified atom stereocenters. The maximum atomic E-state index is 12.6. The number of amidine groups is 1. The first-order valence-electron chi connectivity index (χ1n) is 8.51. The Bertz CT molecular complexity index is 798. The van der Waals surface area contributed by atoms with Crippen LogP contribution >= 0.6 is 0 Å². The van der Waals surface area contributed by atoms with Gasteiger partial charge in [0.15, 0.2) is 5.84 Å². The van der Waals surface area contributed by atoms with Crippen molar-refractivity contribution in [3.63, 3.8) is 0 Å². The topological polar surface area (TPSA) is 96.1 Å². The zero-order chi connectivity index (χ0) is 18.2. The Morgan fingerprint density at radius 2 is 2.00 bits per heavy atom. The molecular formula is C17H24N4O3S. The van der Waals surface area contributed by atoms with E-state index in [-0.39, 0.29) is 22.8 Å². The van der Waals surface area contributed by atoms with Crippen molar-refractivity contribution >= 4 is 21.8 Å². The number of sulfonamides is 1. The van der Waals surface area contributed by atoms with Crippen molar-refractivity contribution in [3.05, 3.63) is 29.8 Å². The molecular weight excluding hydrogens is 340 g/mol. The second kappa shape index (κ2) is 6.76. The molecule has 1 saturated heterocycles. The molecule has 0 aliphatic carbocycles. The van der Waals surface area contributed by atoms with Gasteiger partial charge in [-0.15, -0.1) is 4.40 Å². The molecule has 136 valence electrons. The number of amides is 1. The fraction of sp³-hybridized carbons (Fsp3) is 0.529. The number of rotatable bonds is 3. The van der Waals surface area contributed by atoms with Crippen LogP contribution in [0, 0.1) is 5.92 Å². The summed E-state index contributed by atoms with van der Waals surface area (Å²) in [5.74, 6) is 0.563. The molecule has 0 bridgehead atoms. The number of likely N-dealkylation sites (N-methyl/N-ethyl adjacent to an activating group) is 1. The number of nitrogens with two attached hydrogens (primary N) is 1. The zero-order valence-corrected chi connectivity index (χ0v) is 15.4. The van der Waals surface area contributed by atoms with Crippen molar-refractivity contribution in [2.45, 2.75) is 30.7 Å². The van der Waals surface area contributed by atoms with Crippen LogP contribution in [0.2, 0.25) is 0 Å². The molecule has 2 heterocycles. The average molecular weight is 364 g/mol. The van der Waals surface area contributed by atoms with Gasteiger partial charge in [0.2, 0.25) is 5.91 Å². The van der Waals surface area contributed by atoms with Gasteiger partial charge in [-0.2, -0.15) is 8.42 Å². The summed E-state index contributed by atoms with van der Waals surface area (Å²) >= 11 is 0. The first-order chi connectivity index (χ1) is 11.8. The monoisotopic (exact) mass is 364 g/mol. The van der Waals surface area contributed by atoms with Crippen LogP contribution in [0.4, 0.5) is 0 Å². The molecule has 1 aromatic rings. The molecule has 8 heteroatoms. The molecule has 25 heavy (non-hydrogen) atoms. The van der Waals surface area contributed by atoms with Gasteiger partial charge in [0.25, 0.3) is 10.0 Å². The van der Waals surface area contributed by atoms with Gasteiger partial charge in [0.1, 0.15) is 4.90 Å². The fourth-order valence-electron chi connectivity index (χ4n) is 3.32. The highest BCUT2D eigenvalue weighted by atomic mass is 32.2. The third-order valence-corrected chi connectivity index (χ3v) is 6.43. The third-order valence-electron chi connectivity index (χ3n) is 5.11. The second-order valence-electron chi connectivity index (χ2n) is 6.68. The van der Waals surface area contributed by atoms with Crippen molar-refractivity contribution < 1.29 is 13.2 Å². The summed E-state index contributed by atoms with van der Waals surface area (Å²) < 4.78 is 28.3. The quantitative estimate of drug-likeness (QED) is 0.850. The smallest absolute Gasteiger partial charge is 0.285 e. The number of carbonyl (C=O) groups is 1. The fourth-order valence-corrected chi connectivity index (χ4v) is 4.55. The molecule has 1 aromatic carbocycles. The normalized spacial score (nSPS) is 20.8. The summed E-state index contributed by atoms with van der Waals surface area (Å²) in [5.41, 5.74) is 6.29. The van der Waals surface area contributed by atoms with Gasteiger partial charge in [-0.05, 0) is 31.9 Å². The lowest BCUT2D eigenvalue weighted by atomic mass is 9.94.